The van der Waals surface area contributed by atoms with E-state index in [1.54, 1.807) is 0 Å². The molecule has 0 saturated carbocycles. The molecule has 3 rings (SSSR count). The van der Waals surface area contributed by atoms with E-state index in [9.17, 15) is 5.11 Å². The first-order valence-corrected chi connectivity index (χ1v) is 6.92. The van der Waals surface area contributed by atoms with E-state index in [4.69, 9.17) is 5.73 Å². The number of nitrogens with zero attached hydrogens (tertiary/aromatic N) is 3. The molecule has 2 aliphatic rings. The first-order valence-electron chi connectivity index (χ1n) is 6.92. The molecule has 0 fully saturated rings. The van der Waals surface area contributed by atoms with Crippen LogP contribution < -0.4 is 10.2 Å². The number of rotatable bonds is 2. The number of aromatic nitrogens is 1. The van der Waals surface area contributed by atoms with Crippen molar-refractivity contribution >= 4 is 23.0 Å². The third-order valence-electron chi connectivity index (χ3n) is 4.48. The zero-order valence-corrected chi connectivity index (χ0v) is 11.6. The summed E-state index contributed by atoms with van der Waals surface area (Å²) >= 11 is 0. The monoisotopic (exact) mass is 261 g/mol. The van der Waals surface area contributed by atoms with E-state index in [1.165, 1.54) is 24.1 Å². The molecule has 0 radical (unpaired) electrons. The number of aliphatic imine (C=N–C) groups is 1. The Morgan fingerprint density at radius 1 is 1.32 bits per heavy atom. The fourth-order valence-corrected chi connectivity index (χ4v) is 3.28. The summed E-state index contributed by atoms with van der Waals surface area (Å²) in [6.07, 6.45) is 4.43. The Kier molecular flexibility index (Phi) is 2.83. The number of aliphatic hydroxyl groups excluding tert-OH is 1. The minimum atomic E-state index is 0.139. The van der Waals surface area contributed by atoms with E-state index in [2.05, 4.69) is 17.0 Å². The first-order chi connectivity index (χ1) is 9.08. The number of aliphatic hydroxyl groups is 1. The number of amidine groups is 1. The molecule has 5 heteroatoms. The van der Waals surface area contributed by atoms with Gasteiger partial charge in [-0.05, 0) is 25.7 Å². The quantitative estimate of drug-likeness (QED) is 0.793. The van der Waals surface area contributed by atoms with Crippen molar-refractivity contribution in [3.63, 3.8) is 0 Å². The van der Waals surface area contributed by atoms with E-state index in [0.29, 0.717) is 16.8 Å². The van der Waals surface area contributed by atoms with Gasteiger partial charge in [0, 0.05) is 12.5 Å². The summed E-state index contributed by atoms with van der Waals surface area (Å²) < 4.78 is 0.570. The normalized spacial score (nSPS) is 24.9. The van der Waals surface area contributed by atoms with Crippen molar-refractivity contribution in [2.24, 2.45) is 4.99 Å². The Balaban J connectivity index is 2.25. The summed E-state index contributed by atoms with van der Waals surface area (Å²) in [4.78, 5) is 9.17. The summed E-state index contributed by atoms with van der Waals surface area (Å²) in [5.74, 6) is 1.52. The van der Waals surface area contributed by atoms with Crippen molar-refractivity contribution in [2.45, 2.75) is 32.6 Å². The molecule has 2 heterocycles. The topological polar surface area (TPSA) is 71.5 Å². The number of nitrogen functional groups attached to an aromatic ring is 1. The second kappa shape index (κ2) is 4.28. The number of hydrogen-bond donors (Lipinski definition) is 2. The van der Waals surface area contributed by atoms with Gasteiger partial charge in [0.15, 0.2) is 17.2 Å². The minimum absolute atomic E-state index is 0.139. The fourth-order valence-electron chi connectivity index (χ4n) is 3.28. The molecule has 0 saturated heterocycles. The highest BCUT2D eigenvalue weighted by Gasteiger charge is 2.42. The van der Waals surface area contributed by atoms with Crippen LogP contribution in [0.15, 0.2) is 4.99 Å². The van der Waals surface area contributed by atoms with Gasteiger partial charge in [-0.15, -0.1) is 0 Å². The molecule has 1 aromatic rings. The van der Waals surface area contributed by atoms with Crippen LogP contribution in [0, 0.1) is 0 Å². The Hall–Kier alpha value is -1.46. The van der Waals surface area contributed by atoms with Crippen molar-refractivity contribution in [1.29, 1.82) is 0 Å². The van der Waals surface area contributed by atoms with Crippen LogP contribution in [-0.2, 0) is 12.8 Å². The van der Waals surface area contributed by atoms with Crippen molar-refractivity contribution < 1.29 is 5.11 Å². The zero-order chi connectivity index (χ0) is 13.6. The lowest BCUT2D eigenvalue weighted by Gasteiger charge is -2.31. The van der Waals surface area contributed by atoms with Crippen molar-refractivity contribution in [3.05, 3.63) is 11.3 Å². The third-order valence-corrected chi connectivity index (χ3v) is 4.48. The second-order valence-electron chi connectivity index (χ2n) is 5.62. The number of quaternary nitrogens is 1. The number of aryl methyl sites for hydroxylation is 1. The molecular formula is C14H21N4O+. The maximum atomic E-state index is 9.39. The summed E-state index contributed by atoms with van der Waals surface area (Å²) in [6, 6.07) is 0. The van der Waals surface area contributed by atoms with Gasteiger partial charge in [0.05, 0.1) is 19.3 Å². The lowest BCUT2D eigenvalue weighted by Crippen LogP contribution is -2.50. The largest absolute Gasteiger partial charge is 0.390 e. The average Bonchev–Trinajstić information content (AvgIpc) is 2.64. The number of anilines is 1. The van der Waals surface area contributed by atoms with Crippen LogP contribution in [0.5, 0.6) is 0 Å². The molecule has 1 atom stereocenters. The fraction of sp³-hybridized carbons (Fsp3) is 0.571. The minimum Gasteiger partial charge on any atom is -0.390 e. The van der Waals surface area contributed by atoms with Gasteiger partial charge in [0.25, 0.3) is 0 Å². The van der Waals surface area contributed by atoms with Crippen LogP contribution >= 0.6 is 0 Å². The van der Waals surface area contributed by atoms with Crippen molar-refractivity contribution in [1.82, 2.24) is 9.47 Å². The molecule has 19 heavy (non-hydrogen) atoms. The predicted molar refractivity (Wildman–Crippen MR) is 77.7 cm³/mol. The van der Waals surface area contributed by atoms with Crippen molar-refractivity contribution in [2.75, 3.05) is 25.9 Å². The standard InChI is InChI=1S/C14H21N4O/c1-9-16-12-13(18(9,2)7-8-19)10-5-3-4-6-11(10)17-14(12)15/h19H,3-8H2,1-2H3,(H2,15,17)/q+1. The van der Waals surface area contributed by atoms with Crippen molar-refractivity contribution in [3.8, 4) is 0 Å². The van der Waals surface area contributed by atoms with E-state index in [1.807, 2.05) is 6.92 Å². The van der Waals surface area contributed by atoms with Gasteiger partial charge in [0.2, 0.25) is 5.84 Å². The van der Waals surface area contributed by atoms with Gasteiger partial charge in [-0.2, -0.15) is 4.99 Å². The summed E-state index contributed by atoms with van der Waals surface area (Å²) in [6.45, 7) is 2.78. The van der Waals surface area contributed by atoms with E-state index >= 15 is 0 Å². The summed E-state index contributed by atoms with van der Waals surface area (Å²) in [7, 11) is 2.11. The van der Waals surface area contributed by atoms with Gasteiger partial charge < -0.3 is 10.8 Å². The number of hydrogen-bond acceptors (Lipinski definition) is 4. The van der Waals surface area contributed by atoms with Gasteiger partial charge >= 0.3 is 0 Å². The van der Waals surface area contributed by atoms with Crippen LogP contribution in [0.25, 0.3) is 0 Å². The molecule has 0 bridgehead atoms. The molecule has 1 aliphatic carbocycles. The van der Waals surface area contributed by atoms with Crippen LogP contribution in [0.1, 0.15) is 31.0 Å². The second-order valence-corrected chi connectivity index (χ2v) is 5.62. The highest BCUT2D eigenvalue weighted by molar-refractivity contribution is 6.04. The lowest BCUT2D eigenvalue weighted by molar-refractivity contribution is 0.264. The Bertz CT molecular complexity index is 567. The molecule has 1 aromatic heterocycles. The molecule has 3 N–H and O–H groups in total. The van der Waals surface area contributed by atoms with Crippen LogP contribution in [-0.4, -0.2) is 36.1 Å². The number of likely N-dealkylation sites (N-methyl/N-ethyl adjacent to an activating group) is 1. The first kappa shape index (κ1) is 12.6. The van der Waals surface area contributed by atoms with E-state index < -0.39 is 0 Å². The lowest BCUT2D eigenvalue weighted by atomic mass is 9.93. The Morgan fingerprint density at radius 3 is 2.79 bits per heavy atom. The third kappa shape index (κ3) is 1.69. The SMILES string of the molecule is CC1=Nc2c(N)nc3c(c2[N+]1(C)CCO)CCCC3. The summed E-state index contributed by atoms with van der Waals surface area (Å²) in [5, 5.41) is 9.39. The molecule has 5 nitrogen and oxygen atoms in total. The molecule has 0 spiro atoms. The molecule has 102 valence electrons. The maximum Gasteiger partial charge on any atom is 0.205 e. The van der Waals surface area contributed by atoms with Gasteiger partial charge in [-0.25, -0.2) is 9.47 Å². The average molecular weight is 261 g/mol. The van der Waals surface area contributed by atoms with Gasteiger partial charge in [-0.1, -0.05) is 0 Å². The van der Waals surface area contributed by atoms with Gasteiger partial charge in [-0.3, -0.25) is 0 Å². The van der Waals surface area contributed by atoms with Crippen LogP contribution in [0.3, 0.4) is 0 Å². The van der Waals surface area contributed by atoms with Gasteiger partial charge in [0.1, 0.15) is 6.54 Å². The molecule has 0 aromatic carbocycles. The number of pyridine rings is 1. The Labute approximate surface area is 113 Å². The predicted octanol–water partition coefficient (Wildman–Crippen LogP) is 1.54. The van der Waals surface area contributed by atoms with E-state index in [0.717, 1.165) is 30.1 Å². The molecular weight excluding hydrogens is 240 g/mol. The smallest absolute Gasteiger partial charge is 0.205 e. The molecule has 0 amide bonds. The Morgan fingerprint density at radius 2 is 2.05 bits per heavy atom. The highest BCUT2D eigenvalue weighted by Crippen LogP contribution is 2.47. The maximum absolute atomic E-state index is 9.39. The van der Waals surface area contributed by atoms with E-state index in [-0.39, 0.29) is 6.61 Å². The van der Waals surface area contributed by atoms with Crippen LogP contribution in [0.2, 0.25) is 0 Å². The zero-order valence-electron chi connectivity index (χ0n) is 11.6. The van der Waals surface area contributed by atoms with Crippen LogP contribution in [0.4, 0.5) is 17.2 Å². The molecule has 1 unspecified atom stereocenters. The number of fused-ring (bicyclic) bond motifs is 3. The highest BCUT2D eigenvalue weighted by atomic mass is 16.3. The number of nitrogens with two attached hydrogens (primary N) is 1. The molecule has 1 aliphatic heterocycles. The summed E-state index contributed by atoms with van der Waals surface area (Å²) in [5.41, 5.74) is 10.5.